The number of nitrogens with zero attached hydrogens (tertiary/aromatic N) is 1. The molecule has 0 spiro atoms. The molecule has 0 heterocycles. The number of hydrogen-bond donors (Lipinski definition) is 1. The van der Waals surface area contributed by atoms with Crippen molar-refractivity contribution in [1.82, 2.24) is 10.2 Å². The van der Waals surface area contributed by atoms with Crippen LogP contribution in [0.5, 0.6) is 11.5 Å². The van der Waals surface area contributed by atoms with Gasteiger partial charge < -0.3 is 19.7 Å². The van der Waals surface area contributed by atoms with Gasteiger partial charge in [0.2, 0.25) is 0 Å². The predicted octanol–water partition coefficient (Wildman–Crippen LogP) is 3.47. The minimum absolute atomic E-state index is 0.0422. The lowest BCUT2D eigenvalue weighted by atomic mass is 10.1. The minimum Gasteiger partial charge on any atom is -0.497 e. The van der Waals surface area contributed by atoms with Crippen LogP contribution in [0.25, 0.3) is 0 Å². The average Bonchev–Trinajstić information content (AvgIpc) is 2.67. The second kappa shape index (κ2) is 9.25. The van der Waals surface area contributed by atoms with Gasteiger partial charge in [-0.3, -0.25) is 4.79 Å². The first-order chi connectivity index (χ1) is 12.5. The molecule has 0 bridgehead atoms. The molecule has 0 unspecified atom stereocenters. The van der Waals surface area contributed by atoms with Gasteiger partial charge in [0, 0.05) is 37.3 Å². The van der Waals surface area contributed by atoms with Crippen LogP contribution >= 0.6 is 0 Å². The standard InChI is InChI=1S/C21H28N2O3/c1-15(2)23(3)21(24)17-8-6-16(7-9-17)13-22-14-18-12-19(25-4)10-11-20(18)26-5/h6-12,15,22H,13-14H2,1-5H3. The minimum atomic E-state index is 0.0422. The molecule has 0 saturated heterocycles. The number of carbonyl (C=O) groups is 1. The zero-order valence-corrected chi connectivity index (χ0v) is 16.2. The molecule has 140 valence electrons. The molecule has 1 amide bonds. The number of amides is 1. The number of ether oxygens (including phenoxy) is 2. The summed E-state index contributed by atoms with van der Waals surface area (Å²) in [5, 5.41) is 3.40. The Balaban J connectivity index is 1.95. The summed E-state index contributed by atoms with van der Waals surface area (Å²) in [6.45, 7) is 5.37. The van der Waals surface area contributed by atoms with Gasteiger partial charge >= 0.3 is 0 Å². The first-order valence-electron chi connectivity index (χ1n) is 8.74. The SMILES string of the molecule is COc1ccc(OC)c(CNCc2ccc(C(=O)N(C)C(C)C)cc2)c1. The van der Waals surface area contributed by atoms with E-state index in [1.54, 1.807) is 19.1 Å². The van der Waals surface area contributed by atoms with E-state index in [-0.39, 0.29) is 11.9 Å². The number of nitrogens with one attached hydrogen (secondary N) is 1. The second-order valence-electron chi connectivity index (χ2n) is 6.49. The Kier molecular flexibility index (Phi) is 7.04. The van der Waals surface area contributed by atoms with Crippen LogP contribution in [0, 0.1) is 0 Å². The second-order valence-corrected chi connectivity index (χ2v) is 6.49. The Morgan fingerprint density at radius 1 is 1.04 bits per heavy atom. The molecule has 5 heteroatoms. The summed E-state index contributed by atoms with van der Waals surface area (Å²) in [5.41, 5.74) is 2.87. The highest BCUT2D eigenvalue weighted by atomic mass is 16.5. The monoisotopic (exact) mass is 356 g/mol. The van der Waals surface area contributed by atoms with Gasteiger partial charge in [-0.05, 0) is 49.7 Å². The van der Waals surface area contributed by atoms with E-state index in [4.69, 9.17) is 9.47 Å². The zero-order chi connectivity index (χ0) is 19.1. The van der Waals surface area contributed by atoms with E-state index in [0.29, 0.717) is 18.7 Å². The summed E-state index contributed by atoms with van der Waals surface area (Å²) < 4.78 is 10.7. The van der Waals surface area contributed by atoms with Crippen molar-refractivity contribution in [3.8, 4) is 11.5 Å². The van der Waals surface area contributed by atoms with Crippen LogP contribution in [-0.4, -0.2) is 38.1 Å². The maximum atomic E-state index is 12.3. The summed E-state index contributed by atoms with van der Waals surface area (Å²) >= 11 is 0. The molecule has 0 radical (unpaired) electrons. The van der Waals surface area contributed by atoms with Crippen LogP contribution in [-0.2, 0) is 13.1 Å². The zero-order valence-electron chi connectivity index (χ0n) is 16.2. The van der Waals surface area contributed by atoms with Crippen molar-refractivity contribution in [3.63, 3.8) is 0 Å². The smallest absolute Gasteiger partial charge is 0.253 e. The fourth-order valence-corrected chi connectivity index (χ4v) is 2.56. The van der Waals surface area contributed by atoms with Crippen molar-refractivity contribution in [1.29, 1.82) is 0 Å². The lowest BCUT2D eigenvalue weighted by Crippen LogP contribution is -2.32. The Morgan fingerprint density at radius 3 is 2.31 bits per heavy atom. The van der Waals surface area contributed by atoms with Crippen LogP contribution in [0.1, 0.15) is 35.3 Å². The van der Waals surface area contributed by atoms with Crippen LogP contribution in [0.2, 0.25) is 0 Å². The molecule has 26 heavy (non-hydrogen) atoms. The number of hydrogen-bond acceptors (Lipinski definition) is 4. The summed E-state index contributed by atoms with van der Waals surface area (Å²) in [7, 11) is 5.14. The van der Waals surface area contributed by atoms with E-state index in [1.165, 1.54) is 0 Å². The van der Waals surface area contributed by atoms with E-state index in [9.17, 15) is 4.79 Å². The largest absolute Gasteiger partial charge is 0.497 e. The Hall–Kier alpha value is -2.53. The highest BCUT2D eigenvalue weighted by molar-refractivity contribution is 5.94. The van der Waals surface area contributed by atoms with Crippen molar-refractivity contribution in [2.75, 3.05) is 21.3 Å². The lowest BCUT2D eigenvalue weighted by Gasteiger charge is -2.21. The lowest BCUT2D eigenvalue weighted by molar-refractivity contribution is 0.0755. The molecular formula is C21H28N2O3. The van der Waals surface area contributed by atoms with Gasteiger partial charge in [-0.1, -0.05) is 12.1 Å². The van der Waals surface area contributed by atoms with Crippen molar-refractivity contribution < 1.29 is 14.3 Å². The molecule has 0 aliphatic heterocycles. The van der Waals surface area contributed by atoms with Crippen molar-refractivity contribution >= 4 is 5.91 Å². The van der Waals surface area contributed by atoms with Crippen molar-refractivity contribution in [2.45, 2.75) is 33.0 Å². The van der Waals surface area contributed by atoms with Crippen LogP contribution in [0.3, 0.4) is 0 Å². The van der Waals surface area contributed by atoms with E-state index < -0.39 is 0 Å². The maximum Gasteiger partial charge on any atom is 0.253 e. The highest BCUT2D eigenvalue weighted by Crippen LogP contribution is 2.23. The molecule has 0 fully saturated rings. The quantitative estimate of drug-likeness (QED) is 0.787. The van der Waals surface area contributed by atoms with E-state index >= 15 is 0 Å². The molecule has 0 saturated carbocycles. The van der Waals surface area contributed by atoms with Crippen molar-refractivity contribution in [2.24, 2.45) is 0 Å². The van der Waals surface area contributed by atoms with Crippen LogP contribution < -0.4 is 14.8 Å². The highest BCUT2D eigenvalue weighted by Gasteiger charge is 2.13. The average molecular weight is 356 g/mol. The Bertz CT molecular complexity index is 727. The predicted molar refractivity (Wildman–Crippen MR) is 104 cm³/mol. The van der Waals surface area contributed by atoms with Gasteiger partial charge in [-0.25, -0.2) is 0 Å². The molecular weight excluding hydrogens is 328 g/mol. The van der Waals surface area contributed by atoms with Gasteiger partial charge in [0.15, 0.2) is 0 Å². The normalized spacial score (nSPS) is 10.7. The molecule has 2 aromatic rings. The number of rotatable bonds is 8. The Labute approximate surface area is 155 Å². The number of methoxy groups -OCH3 is 2. The third-order valence-electron chi connectivity index (χ3n) is 4.43. The van der Waals surface area contributed by atoms with Crippen LogP contribution in [0.15, 0.2) is 42.5 Å². The summed E-state index contributed by atoms with van der Waals surface area (Å²) in [6, 6.07) is 13.7. The van der Waals surface area contributed by atoms with Gasteiger partial charge in [-0.2, -0.15) is 0 Å². The number of carbonyl (C=O) groups excluding carboxylic acids is 1. The summed E-state index contributed by atoms with van der Waals surface area (Å²) in [4.78, 5) is 14.1. The fourth-order valence-electron chi connectivity index (χ4n) is 2.56. The van der Waals surface area contributed by atoms with Gasteiger partial charge in [0.25, 0.3) is 5.91 Å². The molecule has 0 aliphatic carbocycles. The number of benzene rings is 2. The Morgan fingerprint density at radius 2 is 1.73 bits per heavy atom. The molecule has 2 aromatic carbocycles. The van der Waals surface area contributed by atoms with E-state index in [2.05, 4.69) is 5.32 Å². The topological polar surface area (TPSA) is 50.8 Å². The first-order valence-corrected chi connectivity index (χ1v) is 8.74. The van der Waals surface area contributed by atoms with Gasteiger partial charge in [0.05, 0.1) is 14.2 Å². The molecule has 2 rings (SSSR count). The van der Waals surface area contributed by atoms with Gasteiger partial charge in [-0.15, -0.1) is 0 Å². The third kappa shape index (κ3) is 4.99. The molecule has 0 aromatic heterocycles. The van der Waals surface area contributed by atoms with Crippen LogP contribution in [0.4, 0.5) is 0 Å². The maximum absolute atomic E-state index is 12.3. The van der Waals surface area contributed by atoms with Gasteiger partial charge in [0.1, 0.15) is 11.5 Å². The first kappa shape index (κ1) is 19.8. The van der Waals surface area contributed by atoms with Crippen molar-refractivity contribution in [3.05, 3.63) is 59.2 Å². The summed E-state index contributed by atoms with van der Waals surface area (Å²) in [5.74, 6) is 1.68. The third-order valence-corrected chi connectivity index (χ3v) is 4.43. The van der Waals surface area contributed by atoms with E-state index in [1.807, 2.05) is 63.4 Å². The fraction of sp³-hybridized carbons (Fsp3) is 0.381. The summed E-state index contributed by atoms with van der Waals surface area (Å²) in [6.07, 6.45) is 0. The van der Waals surface area contributed by atoms with E-state index in [0.717, 1.165) is 22.6 Å². The molecule has 5 nitrogen and oxygen atoms in total. The molecule has 0 atom stereocenters. The molecule has 1 N–H and O–H groups in total. The molecule has 0 aliphatic rings.